The first-order valence-electron chi connectivity index (χ1n) is 11.2. The molecule has 4 aliphatic rings. The molecule has 7 rings (SSSR count). The molecule has 0 heterocycles. The topological polar surface area (TPSA) is 0 Å². The van der Waals surface area contributed by atoms with Crippen LogP contribution in [0.3, 0.4) is 0 Å². The third kappa shape index (κ3) is 1.88. The summed E-state index contributed by atoms with van der Waals surface area (Å²) in [6.45, 7) is 2.31. The van der Waals surface area contributed by atoms with E-state index in [9.17, 15) is 0 Å². The van der Waals surface area contributed by atoms with Gasteiger partial charge in [-0.15, -0.1) is 0 Å². The SMILES string of the molecule is CC1=CC2=C(CC1)c1cc3ccccc3cc1C21C2=C(CCC=C2)c2ccccc21. The highest BCUT2D eigenvalue weighted by molar-refractivity contribution is 6.00. The van der Waals surface area contributed by atoms with Crippen molar-refractivity contribution in [1.82, 2.24) is 0 Å². The summed E-state index contributed by atoms with van der Waals surface area (Å²) in [5.41, 5.74) is 13.5. The Morgan fingerprint density at radius 3 is 2.37 bits per heavy atom. The Labute approximate surface area is 177 Å². The van der Waals surface area contributed by atoms with Crippen LogP contribution in [0, 0.1) is 0 Å². The average molecular weight is 385 g/mol. The average Bonchev–Trinajstić information content (AvgIpc) is 3.24. The van der Waals surface area contributed by atoms with Crippen LogP contribution in [-0.4, -0.2) is 0 Å². The molecule has 0 bridgehead atoms. The quantitative estimate of drug-likeness (QED) is 0.372. The van der Waals surface area contributed by atoms with E-state index in [1.807, 2.05) is 0 Å². The summed E-state index contributed by atoms with van der Waals surface area (Å²) in [6.07, 6.45) is 12.0. The fourth-order valence-corrected chi connectivity index (χ4v) is 6.52. The zero-order valence-electron chi connectivity index (χ0n) is 17.3. The van der Waals surface area contributed by atoms with Gasteiger partial charge in [0.2, 0.25) is 0 Å². The number of allylic oxidation sites excluding steroid dienone is 8. The summed E-state index contributed by atoms with van der Waals surface area (Å²) >= 11 is 0. The van der Waals surface area contributed by atoms with Gasteiger partial charge in [0.25, 0.3) is 0 Å². The zero-order valence-corrected chi connectivity index (χ0v) is 17.3. The van der Waals surface area contributed by atoms with Gasteiger partial charge in [-0.3, -0.25) is 0 Å². The summed E-state index contributed by atoms with van der Waals surface area (Å²) in [7, 11) is 0. The van der Waals surface area contributed by atoms with Crippen molar-refractivity contribution in [3.63, 3.8) is 0 Å². The highest BCUT2D eigenvalue weighted by Crippen LogP contribution is 2.64. The second-order valence-electron chi connectivity index (χ2n) is 9.26. The van der Waals surface area contributed by atoms with Crippen LogP contribution in [0.15, 0.2) is 95.6 Å². The number of hydrogen-bond acceptors (Lipinski definition) is 0. The highest BCUT2D eigenvalue weighted by Gasteiger charge is 2.53. The lowest BCUT2D eigenvalue weighted by Gasteiger charge is -2.34. The van der Waals surface area contributed by atoms with Gasteiger partial charge in [0.15, 0.2) is 0 Å². The van der Waals surface area contributed by atoms with Gasteiger partial charge >= 0.3 is 0 Å². The molecule has 0 fully saturated rings. The lowest BCUT2D eigenvalue weighted by molar-refractivity contribution is 0.765. The molecule has 0 aromatic heterocycles. The number of rotatable bonds is 0. The van der Waals surface area contributed by atoms with E-state index in [1.165, 1.54) is 50.6 Å². The zero-order chi connectivity index (χ0) is 19.9. The molecule has 0 radical (unpaired) electrons. The van der Waals surface area contributed by atoms with E-state index < -0.39 is 0 Å². The molecular formula is C30H24. The van der Waals surface area contributed by atoms with Gasteiger partial charge in [-0.25, -0.2) is 0 Å². The van der Waals surface area contributed by atoms with E-state index in [2.05, 4.69) is 85.8 Å². The van der Waals surface area contributed by atoms with Crippen molar-refractivity contribution in [3.8, 4) is 0 Å². The molecule has 4 aliphatic carbocycles. The minimum absolute atomic E-state index is 0.140. The van der Waals surface area contributed by atoms with Crippen molar-refractivity contribution in [2.45, 2.75) is 38.0 Å². The third-order valence-electron chi connectivity index (χ3n) is 7.74. The summed E-state index contributed by atoms with van der Waals surface area (Å²) in [6, 6.07) is 23.0. The van der Waals surface area contributed by atoms with E-state index in [0.29, 0.717) is 0 Å². The van der Waals surface area contributed by atoms with Gasteiger partial charge in [0, 0.05) is 0 Å². The fraction of sp³-hybridized carbons (Fsp3) is 0.200. The molecule has 30 heavy (non-hydrogen) atoms. The summed E-state index contributed by atoms with van der Waals surface area (Å²) in [4.78, 5) is 0. The molecule has 1 atom stereocenters. The van der Waals surface area contributed by atoms with E-state index in [0.717, 1.165) is 19.3 Å². The van der Waals surface area contributed by atoms with Gasteiger partial charge in [0.05, 0.1) is 5.41 Å². The van der Waals surface area contributed by atoms with Crippen LogP contribution < -0.4 is 0 Å². The number of hydrogen-bond donors (Lipinski definition) is 0. The second-order valence-corrected chi connectivity index (χ2v) is 9.26. The van der Waals surface area contributed by atoms with Crippen LogP contribution in [0.25, 0.3) is 21.9 Å². The van der Waals surface area contributed by atoms with Crippen molar-refractivity contribution in [2.75, 3.05) is 0 Å². The van der Waals surface area contributed by atoms with Crippen molar-refractivity contribution in [1.29, 1.82) is 0 Å². The molecule has 0 heteroatoms. The maximum Gasteiger partial charge on any atom is 0.0719 e. The predicted octanol–water partition coefficient (Wildman–Crippen LogP) is 7.75. The number of fused-ring (bicyclic) bond motifs is 9. The largest absolute Gasteiger partial charge is 0.0839 e. The summed E-state index contributed by atoms with van der Waals surface area (Å²) < 4.78 is 0. The monoisotopic (exact) mass is 384 g/mol. The highest BCUT2D eigenvalue weighted by atomic mass is 14.5. The molecule has 0 aliphatic heterocycles. The number of benzene rings is 3. The fourth-order valence-electron chi connectivity index (χ4n) is 6.52. The van der Waals surface area contributed by atoms with Crippen LogP contribution in [0.4, 0.5) is 0 Å². The maximum absolute atomic E-state index is 2.53. The second kappa shape index (κ2) is 5.73. The first-order valence-corrected chi connectivity index (χ1v) is 11.2. The van der Waals surface area contributed by atoms with E-state index in [-0.39, 0.29) is 5.41 Å². The molecule has 1 spiro atoms. The standard InChI is InChI=1S/C30H24/c1-19-14-15-24-25-17-20-8-2-3-9-21(20)18-29(25)30(28(24)16-19)26-12-6-4-10-22(26)23-11-5-7-13-27(23)30/h2-4,6-10,12-13,16-18H,5,11,14-15H2,1H3. The van der Waals surface area contributed by atoms with Crippen LogP contribution in [0.5, 0.6) is 0 Å². The van der Waals surface area contributed by atoms with Crippen LogP contribution >= 0.6 is 0 Å². The summed E-state index contributed by atoms with van der Waals surface area (Å²) in [5.74, 6) is 0. The Kier molecular flexibility index (Phi) is 3.18. The third-order valence-corrected chi connectivity index (χ3v) is 7.74. The minimum Gasteiger partial charge on any atom is -0.0839 e. The van der Waals surface area contributed by atoms with Gasteiger partial charge in [0.1, 0.15) is 0 Å². The molecule has 0 saturated heterocycles. The minimum atomic E-state index is -0.140. The molecule has 0 nitrogen and oxygen atoms in total. The van der Waals surface area contributed by atoms with E-state index in [4.69, 9.17) is 0 Å². The van der Waals surface area contributed by atoms with Crippen LogP contribution in [0.2, 0.25) is 0 Å². The Morgan fingerprint density at radius 1 is 0.700 bits per heavy atom. The van der Waals surface area contributed by atoms with E-state index >= 15 is 0 Å². The van der Waals surface area contributed by atoms with Crippen molar-refractivity contribution >= 4 is 21.9 Å². The molecule has 144 valence electrons. The maximum atomic E-state index is 2.53. The summed E-state index contributed by atoms with van der Waals surface area (Å²) in [5, 5.41) is 2.70. The lowest BCUT2D eigenvalue weighted by atomic mass is 9.67. The predicted molar refractivity (Wildman–Crippen MR) is 126 cm³/mol. The van der Waals surface area contributed by atoms with Crippen molar-refractivity contribution in [3.05, 3.63) is 118 Å². The molecule has 3 aromatic carbocycles. The molecular weight excluding hydrogens is 360 g/mol. The van der Waals surface area contributed by atoms with Crippen molar-refractivity contribution < 1.29 is 0 Å². The Balaban J connectivity index is 1.68. The van der Waals surface area contributed by atoms with Gasteiger partial charge in [-0.2, -0.15) is 0 Å². The molecule has 0 saturated carbocycles. The normalized spacial score (nSPS) is 23.6. The Bertz CT molecular complexity index is 1390. The molecule has 0 N–H and O–H groups in total. The Hall–Kier alpha value is -3.12. The van der Waals surface area contributed by atoms with Crippen molar-refractivity contribution in [2.24, 2.45) is 0 Å². The first-order chi connectivity index (χ1) is 14.8. The van der Waals surface area contributed by atoms with Crippen LogP contribution in [-0.2, 0) is 5.41 Å². The van der Waals surface area contributed by atoms with Gasteiger partial charge < -0.3 is 0 Å². The van der Waals surface area contributed by atoms with Crippen LogP contribution in [0.1, 0.15) is 54.9 Å². The van der Waals surface area contributed by atoms with Gasteiger partial charge in [-0.1, -0.05) is 72.3 Å². The lowest BCUT2D eigenvalue weighted by Crippen LogP contribution is -2.28. The molecule has 0 amide bonds. The Morgan fingerprint density at radius 2 is 1.47 bits per heavy atom. The molecule has 3 aromatic rings. The van der Waals surface area contributed by atoms with Gasteiger partial charge in [-0.05, 0) is 100 Å². The smallest absolute Gasteiger partial charge is 0.0719 e. The molecule has 1 unspecified atom stereocenters. The first kappa shape index (κ1) is 16.7. The van der Waals surface area contributed by atoms with E-state index in [1.54, 1.807) is 16.7 Å².